The molecule has 0 saturated heterocycles. The van der Waals surface area contributed by atoms with Crippen molar-refractivity contribution in [2.75, 3.05) is 7.05 Å². The van der Waals surface area contributed by atoms with Crippen molar-refractivity contribution in [2.45, 2.75) is 38.6 Å². The molecule has 0 spiro atoms. The summed E-state index contributed by atoms with van der Waals surface area (Å²) in [5.74, 6) is 0. The Morgan fingerprint density at radius 3 is 2.35 bits per heavy atom. The minimum atomic E-state index is 0.339. The van der Waals surface area contributed by atoms with E-state index in [0.29, 0.717) is 21.5 Å². The summed E-state index contributed by atoms with van der Waals surface area (Å²) in [6.45, 7) is 2.36. The summed E-state index contributed by atoms with van der Waals surface area (Å²) in [7, 11) is 2.02. The summed E-state index contributed by atoms with van der Waals surface area (Å²) in [5, 5.41) is 4.72. The molecule has 94 valence electrons. The lowest BCUT2D eigenvalue weighted by molar-refractivity contribution is 0.234. The Kier molecular flexibility index (Phi) is 4.02. The Labute approximate surface area is 114 Å². The van der Waals surface area contributed by atoms with E-state index in [4.69, 9.17) is 23.2 Å². The smallest absolute Gasteiger partial charge is 0.0595 e. The van der Waals surface area contributed by atoms with Gasteiger partial charge in [0.2, 0.25) is 0 Å². The zero-order valence-corrected chi connectivity index (χ0v) is 11.9. The highest BCUT2D eigenvalue weighted by Crippen LogP contribution is 2.47. The maximum Gasteiger partial charge on any atom is 0.0595 e. The molecule has 0 aromatic heterocycles. The van der Waals surface area contributed by atoms with Crippen LogP contribution < -0.4 is 5.32 Å². The fraction of sp³-hybridized carbons (Fsp3) is 0.571. The van der Waals surface area contributed by atoms with Crippen molar-refractivity contribution in [3.8, 4) is 0 Å². The van der Waals surface area contributed by atoms with Crippen molar-refractivity contribution >= 4 is 23.2 Å². The van der Waals surface area contributed by atoms with Crippen molar-refractivity contribution in [2.24, 2.45) is 5.41 Å². The van der Waals surface area contributed by atoms with E-state index < -0.39 is 0 Å². The van der Waals surface area contributed by atoms with Gasteiger partial charge in [0, 0.05) is 6.04 Å². The molecule has 2 rings (SSSR count). The Morgan fingerprint density at radius 2 is 1.82 bits per heavy atom. The van der Waals surface area contributed by atoms with E-state index in [2.05, 4.69) is 18.3 Å². The van der Waals surface area contributed by atoms with E-state index >= 15 is 0 Å². The van der Waals surface area contributed by atoms with Crippen LogP contribution >= 0.6 is 23.2 Å². The number of rotatable bonds is 3. The molecule has 0 amide bonds. The highest BCUT2D eigenvalue weighted by Gasteiger charge is 2.37. The molecule has 1 aromatic carbocycles. The Hall–Kier alpha value is -0.240. The van der Waals surface area contributed by atoms with Crippen LogP contribution in [0.1, 0.15) is 44.2 Å². The SMILES string of the molecule is CNC(c1ccc(Cl)c(Cl)c1)C1(C)CCCC1. The molecule has 1 fully saturated rings. The normalized spacial score (nSPS) is 20.5. The van der Waals surface area contributed by atoms with Gasteiger partial charge >= 0.3 is 0 Å². The Morgan fingerprint density at radius 1 is 1.18 bits per heavy atom. The van der Waals surface area contributed by atoms with Gasteiger partial charge in [-0.05, 0) is 43.0 Å². The molecule has 1 atom stereocenters. The number of benzene rings is 1. The second kappa shape index (κ2) is 5.17. The van der Waals surface area contributed by atoms with Crippen LogP contribution in [0.3, 0.4) is 0 Å². The predicted molar refractivity (Wildman–Crippen MR) is 74.8 cm³/mol. The third-order valence-electron chi connectivity index (χ3n) is 4.01. The summed E-state index contributed by atoms with van der Waals surface area (Å²) in [6, 6.07) is 6.33. The van der Waals surface area contributed by atoms with Crippen molar-refractivity contribution in [1.82, 2.24) is 5.32 Å². The van der Waals surface area contributed by atoms with Gasteiger partial charge in [0.25, 0.3) is 0 Å². The van der Waals surface area contributed by atoms with E-state index in [1.807, 2.05) is 19.2 Å². The minimum Gasteiger partial charge on any atom is -0.313 e. The monoisotopic (exact) mass is 271 g/mol. The molecule has 17 heavy (non-hydrogen) atoms. The van der Waals surface area contributed by atoms with Crippen molar-refractivity contribution in [3.05, 3.63) is 33.8 Å². The van der Waals surface area contributed by atoms with Gasteiger partial charge < -0.3 is 5.32 Å². The second-order valence-corrected chi connectivity index (χ2v) is 6.07. The molecular weight excluding hydrogens is 253 g/mol. The molecule has 1 aromatic rings. The molecule has 1 nitrogen and oxygen atoms in total. The summed E-state index contributed by atoms with van der Waals surface area (Å²) >= 11 is 12.1. The first-order valence-corrected chi connectivity index (χ1v) is 6.95. The molecule has 3 heteroatoms. The van der Waals surface area contributed by atoms with E-state index in [-0.39, 0.29) is 0 Å². The van der Waals surface area contributed by atoms with Gasteiger partial charge in [0.05, 0.1) is 10.0 Å². The van der Waals surface area contributed by atoms with Crippen molar-refractivity contribution < 1.29 is 0 Å². The number of hydrogen-bond acceptors (Lipinski definition) is 1. The van der Waals surface area contributed by atoms with Crippen LogP contribution in [0.4, 0.5) is 0 Å². The van der Waals surface area contributed by atoms with Gasteiger partial charge in [-0.3, -0.25) is 0 Å². The summed E-state index contributed by atoms with van der Waals surface area (Å²) in [5.41, 5.74) is 1.58. The van der Waals surface area contributed by atoms with Gasteiger partial charge in [0.1, 0.15) is 0 Å². The maximum absolute atomic E-state index is 6.11. The zero-order valence-electron chi connectivity index (χ0n) is 10.4. The molecule has 1 aliphatic rings. The van der Waals surface area contributed by atoms with Gasteiger partial charge in [-0.1, -0.05) is 49.0 Å². The van der Waals surface area contributed by atoms with Crippen LogP contribution in [0, 0.1) is 5.41 Å². The average molecular weight is 272 g/mol. The Bertz CT molecular complexity index is 397. The lowest BCUT2D eigenvalue weighted by atomic mass is 9.77. The van der Waals surface area contributed by atoms with Crippen LogP contribution in [0.5, 0.6) is 0 Å². The first-order chi connectivity index (χ1) is 8.07. The van der Waals surface area contributed by atoms with E-state index in [1.54, 1.807) is 0 Å². The van der Waals surface area contributed by atoms with Gasteiger partial charge in [-0.25, -0.2) is 0 Å². The van der Waals surface area contributed by atoms with E-state index in [0.717, 1.165) is 0 Å². The highest BCUT2D eigenvalue weighted by molar-refractivity contribution is 6.42. The highest BCUT2D eigenvalue weighted by atomic mass is 35.5. The fourth-order valence-electron chi connectivity index (χ4n) is 3.08. The average Bonchev–Trinajstić information content (AvgIpc) is 2.72. The number of nitrogens with one attached hydrogen (secondary N) is 1. The summed E-state index contributed by atoms with van der Waals surface area (Å²) < 4.78 is 0. The molecule has 1 aliphatic carbocycles. The zero-order chi connectivity index (χ0) is 12.5. The molecule has 1 N–H and O–H groups in total. The standard InChI is InChI=1S/C14H19Cl2N/c1-14(7-3-4-8-14)13(17-2)10-5-6-11(15)12(16)9-10/h5-6,9,13,17H,3-4,7-8H2,1-2H3. The molecule has 0 bridgehead atoms. The molecule has 0 heterocycles. The largest absolute Gasteiger partial charge is 0.313 e. The van der Waals surface area contributed by atoms with Crippen molar-refractivity contribution in [3.63, 3.8) is 0 Å². The van der Waals surface area contributed by atoms with Crippen LogP contribution in [-0.4, -0.2) is 7.05 Å². The van der Waals surface area contributed by atoms with Crippen LogP contribution in [0.25, 0.3) is 0 Å². The molecule has 1 unspecified atom stereocenters. The van der Waals surface area contributed by atoms with Crippen LogP contribution in [0.15, 0.2) is 18.2 Å². The lowest BCUT2D eigenvalue weighted by Crippen LogP contribution is -2.32. The topological polar surface area (TPSA) is 12.0 Å². The Balaban J connectivity index is 2.31. The molecule has 0 radical (unpaired) electrons. The second-order valence-electron chi connectivity index (χ2n) is 5.26. The number of hydrogen-bond donors (Lipinski definition) is 1. The minimum absolute atomic E-state index is 0.339. The quantitative estimate of drug-likeness (QED) is 0.830. The van der Waals surface area contributed by atoms with Gasteiger partial charge in [0.15, 0.2) is 0 Å². The van der Waals surface area contributed by atoms with Crippen LogP contribution in [-0.2, 0) is 0 Å². The summed E-state index contributed by atoms with van der Waals surface area (Å²) in [6.07, 6.45) is 5.21. The molecular formula is C14H19Cl2N. The van der Waals surface area contributed by atoms with Crippen LogP contribution in [0.2, 0.25) is 10.0 Å². The lowest BCUT2D eigenvalue weighted by Gasteiger charge is -2.34. The fourth-order valence-corrected chi connectivity index (χ4v) is 3.39. The first-order valence-electron chi connectivity index (χ1n) is 6.19. The third-order valence-corrected chi connectivity index (χ3v) is 4.75. The summed E-state index contributed by atoms with van der Waals surface area (Å²) in [4.78, 5) is 0. The maximum atomic E-state index is 6.11. The van der Waals surface area contributed by atoms with Gasteiger partial charge in [-0.2, -0.15) is 0 Å². The number of halogens is 2. The molecule has 1 saturated carbocycles. The molecule has 0 aliphatic heterocycles. The van der Waals surface area contributed by atoms with Crippen molar-refractivity contribution in [1.29, 1.82) is 0 Å². The van der Waals surface area contributed by atoms with Gasteiger partial charge in [-0.15, -0.1) is 0 Å². The third kappa shape index (κ3) is 2.62. The van der Waals surface area contributed by atoms with E-state index in [9.17, 15) is 0 Å². The predicted octanol–water partition coefficient (Wildman–Crippen LogP) is 4.83. The first kappa shape index (κ1) is 13.2. The van der Waals surface area contributed by atoms with E-state index in [1.165, 1.54) is 31.2 Å².